The van der Waals surface area contributed by atoms with E-state index in [1.54, 1.807) is 0 Å². The van der Waals surface area contributed by atoms with Crippen LogP contribution in [0.2, 0.25) is 0 Å². The van der Waals surface area contributed by atoms with E-state index in [4.69, 9.17) is 0 Å². The second kappa shape index (κ2) is 10.1. The second-order valence-electron chi connectivity index (χ2n) is 6.49. The zero-order chi connectivity index (χ0) is 17.5. The summed E-state index contributed by atoms with van der Waals surface area (Å²) in [5, 5.41) is 9.22. The third-order valence-corrected chi connectivity index (χ3v) is 4.72. The minimum Gasteiger partial charge on any atom is -0.481 e. The van der Waals surface area contributed by atoms with Gasteiger partial charge >= 0.3 is 5.97 Å². The van der Waals surface area contributed by atoms with Crippen LogP contribution in [0.25, 0.3) is 5.57 Å². The zero-order valence-corrected chi connectivity index (χ0v) is 15.6. The third kappa shape index (κ3) is 5.41. The van der Waals surface area contributed by atoms with Crippen molar-refractivity contribution in [2.45, 2.75) is 19.3 Å². The molecule has 0 aliphatic carbocycles. The van der Waals surface area contributed by atoms with E-state index in [1.807, 2.05) is 42.7 Å². The zero-order valence-electron chi connectivity index (χ0n) is 14.8. The number of carbonyl (C=O) groups is 1. The van der Waals surface area contributed by atoms with E-state index in [2.05, 4.69) is 28.1 Å². The molecular formula is C21H25ClN2O2. The van der Waals surface area contributed by atoms with Crippen molar-refractivity contribution in [1.29, 1.82) is 0 Å². The number of hydrogen-bond acceptors (Lipinski definition) is 3. The molecule has 1 aliphatic rings. The number of halogens is 1. The van der Waals surface area contributed by atoms with Gasteiger partial charge < -0.3 is 10.0 Å². The quantitative estimate of drug-likeness (QED) is 0.828. The molecule has 0 radical (unpaired) electrons. The van der Waals surface area contributed by atoms with Gasteiger partial charge in [0.1, 0.15) is 0 Å². The van der Waals surface area contributed by atoms with Crippen LogP contribution in [0, 0.1) is 5.92 Å². The van der Waals surface area contributed by atoms with Crippen molar-refractivity contribution < 1.29 is 9.90 Å². The lowest BCUT2D eigenvalue weighted by Crippen LogP contribution is -2.39. The number of aromatic nitrogens is 1. The molecule has 1 fully saturated rings. The van der Waals surface area contributed by atoms with Gasteiger partial charge in [-0.25, -0.2) is 0 Å². The molecule has 26 heavy (non-hydrogen) atoms. The Morgan fingerprint density at radius 2 is 1.85 bits per heavy atom. The number of nitrogens with zero attached hydrogens (tertiary/aromatic N) is 2. The van der Waals surface area contributed by atoms with Crippen molar-refractivity contribution in [3.8, 4) is 0 Å². The smallest absolute Gasteiger partial charge is 0.307 e. The average molecular weight is 373 g/mol. The number of benzene rings is 1. The van der Waals surface area contributed by atoms with Gasteiger partial charge in [-0.2, -0.15) is 0 Å². The summed E-state index contributed by atoms with van der Waals surface area (Å²) in [5.74, 6) is -0.881. The van der Waals surface area contributed by atoms with Crippen molar-refractivity contribution in [3.63, 3.8) is 0 Å². The van der Waals surface area contributed by atoms with Gasteiger partial charge in [-0.3, -0.25) is 9.78 Å². The van der Waals surface area contributed by atoms with Gasteiger partial charge in [-0.1, -0.05) is 36.4 Å². The minimum atomic E-state index is -0.665. The summed E-state index contributed by atoms with van der Waals surface area (Å²) < 4.78 is 0. The number of pyridine rings is 1. The van der Waals surface area contributed by atoms with E-state index < -0.39 is 5.97 Å². The maximum absolute atomic E-state index is 11.2. The van der Waals surface area contributed by atoms with Gasteiger partial charge in [0, 0.05) is 25.5 Å². The topological polar surface area (TPSA) is 53.4 Å². The standard InChI is InChI=1S/C21H24N2O2.ClH/c24-21(25)19-8-4-14-23(16-19)15-5-9-20(17-6-2-1-3-7-17)18-10-12-22-13-11-18;/h1-3,6-7,9-13,19H,4-5,8,14-16H2,(H,24,25);1H. The van der Waals surface area contributed by atoms with Crippen LogP contribution in [0.5, 0.6) is 0 Å². The van der Waals surface area contributed by atoms with Gasteiger partial charge in [-0.15, -0.1) is 12.4 Å². The molecule has 1 unspecified atom stereocenters. The van der Waals surface area contributed by atoms with Crippen molar-refractivity contribution in [3.05, 3.63) is 72.1 Å². The third-order valence-electron chi connectivity index (χ3n) is 4.72. The molecule has 2 heterocycles. The van der Waals surface area contributed by atoms with Crippen LogP contribution in [0.3, 0.4) is 0 Å². The molecule has 5 heteroatoms. The van der Waals surface area contributed by atoms with Crippen LogP contribution in [0.4, 0.5) is 0 Å². The van der Waals surface area contributed by atoms with Crippen molar-refractivity contribution in [2.24, 2.45) is 5.92 Å². The Balaban J connectivity index is 0.00000243. The van der Waals surface area contributed by atoms with Crippen molar-refractivity contribution >= 4 is 23.9 Å². The van der Waals surface area contributed by atoms with Crippen LogP contribution in [0.15, 0.2) is 60.9 Å². The van der Waals surface area contributed by atoms with E-state index >= 15 is 0 Å². The van der Waals surface area contributed by atoms with Crippen LogP contribution in [-0.4, -0.2) is 40.6 Å². The first-order valence-corrected chi connectivity index (χ1v) is 8.85. The van der Waals surface area contributed by atoms with Gasteiger partial charge in [-0.05, 0) is 54.6 Å². The Kier molecular flexibility index (Phi) is 7.82. The summed E-state index contributed by atoms with van der Waals surface area (Å²) in [5.41, 5.74) is 3.55. The highest BCUT2D eigenvalue weighted by Crippen LogP contribution is 2.24. The lowest BCUT2D eigenvalue weighted by Gasteiger charge is -2.30. The molecule has 1 aromatic heterocycles. The van der Waals surface area contributed by atoms with Crippen LogP contribution in [0.1, 0.15) is 30.4 Å². The van der Waals surface area contributed by atoms with E-state index in [-0.39, 0.29) is 18.3 Å². The first-order valence-electron chi connectivity index (χ1n) is 8.85. The highest BCUT2D eigenvalue weighted by atomic mass is 35.5. The Morgan fingerprint density at radius 1 is 1.15 bits per heavy atom. The minimum absolute atomic E-state index is 0. The van der Waals surface area contributed by atoms with Gasteiger partial charge in [0.05, 0.1) is 5.92 Å². The Hall–Kier alpha value is -2.17. The van der Waals surface area contributed by atoms with E-state index in [0.29, 0.717) is 6.54 Å². The summed E-state index contributed by atoms with van der Waals surface area (Å²) in [7, 11) is 0. The largest absolute Gasteiger partial charge is 0.481 e. The Labute approximate surface area is 161 Å². The van der Waals surface area contributed by atoms with Crippen LogP contribution >= 0.6 is 12.4 Å². The summed E-state index contributed by atoms with van der Waals surface area (Å²) >= 11 is 0. The summed E-state index contributed by atoms with van der Waals surface area (Å²) in [6, 6.07) is 14.4. The molecule has 1 aliphatic heterocycles. The van der Waals surface area contributed by atoms with E-state index in [0.717, 1.165) is 37.9 Å². The Morgan fingerprint density at radius 3 is 2.54 bits per heavy atom. The second-order valence-corrected chi connectivity index (χ2v) is 6.49. The predicted molar refractivity (Wildman–Crippen MR) is 106 cm³/mol. The number of likely N-dealkylation sites (tertiary alicyclic amines) is 1. The number of piperidine rings is 1. The molecule has 0 amide bonds. The summed E-state index contributed by atoms with van der Waals surface area (Å²) in [6.45, 7) is 2.55. The maximum atomic E-state index is 11.2. The molecule has 4 nitrogen and oxygen atoms in total. The molecule has 1 N–H and O–H groups in total. The highest BCUT2D eigenvalue weighted by Gasteiger charge is 2.24. The molecule has 1 atom stereocenters. The first-order chi connectivity index (χ1) is 12.2. The molecule has 0 spiro atoms. The molecule has 2 aromatic rings. The van der Waals surface area contributed by atoms with Crippen LogP contribution in [-0.2, 0) is 4.79 Å². The summed E-state index contributed by atoms with van der Waals surface area (Å²) in [4.78, 5) is 17.6. The lowest BCUT2D eigenvalue weighted by atomic mass is 9.96. The number of hydrogen-bond donors (Lipinski definition) is 1. The molecule has 3 rings (SSSR count). The molecule has 138 valence electrons. The fourth-order valence-corrected chi connectivity index (χ4v) is 3.40. The lowest BCUT2D eigenvalue weighted by molar-refractivity contribution is -0.143. The molecular weight excluding hydrogens is 348 g/mol. The molecule has 1 aromatic carbocycles. The SMILES string of the molecule is Cl.O=C(O)C1CCCN(CCC=C(c2ccccc2)c2ccncc2)C1. The number of rotatable bonds is 6. The van der Waals surface area contributed by atoms with E-state index in [1.165, 1.54) is 11.1 Å². The number of carboxylic acids is 1. The first kappa shape index (κ1) is 20.1. The average Bonchev–Trinajstić information content (AvgIpc) is 2.67. The van der Waals surface area contributed by atoms with E-state index in [9.17, 15) is 9.90 Å². The monoisotopic (exact) mass is 372 g/mol. The number of aliphatic carboxylic acids is 1. The van der Waals surface area contributed by atoms with Crippen LogP contribution < -0.4 is 0 Å². The van der Waals surface area contributed by atoms with Gasteiger partial charge in [0.25, 0.3) is 0 Å². The normalized spacial score (nSPS) is 18.2. The molecule has 0 saturated carbocycles. The molecule has 1 saturated heterocycles. The van der Waals surface area contributed by atoms with Crippen molar-refractivity contribution in [2.75, 3.05) is 19.6 Å². The fraction of sp³-hybridized carbons (Fsp3) is 0.333. The van der Waals surface area contributed by atoms with Gasteiger partial charge in [0.2, 0.25) is 0 Å². The number of carboxylic acid groups (broad SMARTS) is 1. The fourth-order valence-electron chi connectivity index (χ4n) is 3.40. The maximum Gasteiger partial charge on any atom is 0.307 e. The summed E-state index contributed by atoms with van der Waals surface area (Å²) in [6.07, 6.45) is 8.56. The van der Waals surface area contributed by atoms with Crippen molar-refractivity contribution in [1.82, 2.24) is 9.88 Å². The highest BCUT2D eigenvalue weighted by molar-refractivity contribution is 5.85. The Bertz CT molecular complexity index is 678. The molecule has 0 bridgehead atoms. The van der Waals surface area contributed by atoms with Gasteiger partial charge in [0.15, 0.2) is 0 Å². The predicted octanol–water partition coefficient (Wildman–Crippen LogP) is 4.12.